The van der Waals surface area contributed by atoms with Crippen molar-refractivity contribution in [2.45, 2.75) is 39.2 Å². The molecule has 1 aromatic carbocycles. The maximum atomic E-state index is 12.2. The van der Waals surface area contributed by atoms with Gasteiger partial charge in [0.1, 0.15) is 0 Å². The van der Waals surface area contributed by atoms with E-state index in [2.05, 4.69) is 41.8 Å². The van der Waals surface area contributed by atoms with Gasteiger partial charge >= 0.3 is 0 Å². The minimum atomic E-state index is 0.0670. The van der Waals surface area contributed by atoms with Crippen LogP contribution in [0.15, 0.2) is 24.3 Å². The Morgan fingerprint density at radius 2 is 1.89 bits per heavy atom. The molecule has 98 valence electrons. The van der Waals surface area contributed by atoms with Crippen molar-refractivity contribution < 1.29 is 4.79 Å². The Morgan fingerprint density at radius 3 is 2.56 bits per heavy atom. The monoisotopic (exact) mass is 357 g/mol. The average Bonchev–Trinajstić information content (AvgIpc) is 2.34. The molecule has 18 heavy (non-hydrogen) atoms. The molecule has 3 atom stereocenters. The van der Waals surface area contributed by atoms with Gasteiger partial charge in [0.2, 0.25) is 0 Å². The summed E-state index contributed by atoms with van der Waals surface area (Å²) in [4.78, 5) is 12.2. The molecule has 0 heterocycles. The lowest BCUT2D eigenvalue weighted by Crippen LogP contribution is -2.42. The van der Waals surface area contributed by atoms with Crippen LogP contribution in [0.2, 0.25) is 0 Å². The van der Waals surface area contributed by atoms with Crippen molar-refractivity contribution in [2.24, 2.45) is 11.8 Å². The lowest BCUT2D eigenvalue weighted by molar-refractivity contribution is 0.0898. The molecule has 2 rings (SSSR count). The number of nitrogens with one attached hydrogen (secondary N) is 1. The van der Waals surface area contributed by atoms with Gasteiger partial charge in [-0.15, -0.1) is 0 Å². The van der Waals surface area contributed by atoms with Crippen LogP contribution in [0.25, 0.3) is 0 Å². The highest BCUT2D eigenvalue weighted by atomic mass is 127. The molecule has 0 bridgehead atoms. The summed E-state index contributed by atoms with van der Waals surface area (Å²) in [5.74, 6) is 1.38. The van der Waals surface area contributed by atoms with E-state index in [-0.39, 0.29) is 5.91 Å². The summed E-state index contributed by atoms with van der Waals surface area (Å²) in [6.45, 7) is 4.51. The number of carbonyl (C=O) groups is 1. The van der Waals surface area contributed by atoms with Crippen LogP contribution in [0.4, 0.5) is 0 Å². The Morgan fingerprint density at radius 1 is 1.22 bits per heavy atom. The van der Waals surface area contributed by atoms with Gasteiger partial charge < -0.3 is 5.32 Å². The summed E-state index contributed by atoms with van der Waals surface area (Å²) in [5.41, 5.74) is 0.765. The molecule has 0 aliphatic heterocycles. The van der Waals surface area contributed by atoms with Crippen LogP contribution >= 0.6 is 22.6 Å². The number of hydrogen-bond acceptors (Lipinski definition) is 1. The van der Waals surface area contributed by atoms with E-state index in [9.17, 15) is 4.79 Å². The zero-order valence-electron chi connectivity index (χ0n) is 10.9. The molecule has 2 nitrogen and oxygen atoms in total. The van der Waals surface area contributed by atoms with Crippen molar-refractivity contribution in [1.29, 1.82) is 0 Å². The quantitative estimate of drug-likeness (QED) is 0.801. The third-order valence-electron chi connectivity index (χ3n) is 3.88. The van der Waals surface area contributed by atoms with Gasteiger partial charge in [-0.2, -0.15) is 0 Å². The predicted molar refractivity (Wildman–Crippen MR) is 82.6 cm³/mol. The first-order chi connectivity index (χ1) is 8.56. The third-order valence-corrected chi connectivity index (χ3v) is 4.60. The molecule has 0 unspecified atom stereocenters. The van der Waals surface area contributed by atoms with Gasteiger partial charge in [0.25, 0.3) is 5.91 Å². The summed E-state index contributed by atoms with van der Waals surface area (Å²) in [7, 11) is 0. The van der Waals surface area contributed by atoms with Gasteiger partial charge in [-0.05, 0) is 71.5 Å². The van der Waals surface area contributed by atoms with E-state index in [0.717, 1.165) is 21.5 Å². The highest BCUT2D eigenvalue weighted by molar-refractivity contribution is 14.1. The second-order valence-electron chi connectivity index (χ2n) is 5.48. The Balaban J connectivity index is 2.00. The summed E-state index contributed by atoms with van der Waals surface area (Å²) in [6, 6.07) is 8.08. The molecular weight excluding hydrogens is 337 g/mol. The van der Waals surface area contributed by atoms with E-state index in [4.69, 9.17) is 0 Å². The van der Waals surface area contributed by atoms with E-state index in [1.807, 2.05) is 24.3 Å². The second-order valence-corrected chi connectivity index (χ2v) is 6.73. The number of rotatable bonds is 2. The van der Waals surface area contributed by atoms with Gasteiger partial charge in [-0.1, -0.05) is 20.3 Å². The van der Waals surface area contributed by atoms with E-state index in [0.29, 0.717) is 12.0 Å². The average molecular weight is 357 g/mol. The van der Waals surface area contributed by atoms with Gasteiger partial charge in [0.15, 0.2) is 0 Å². The maximum Gasteiger partial charge on any atom is 0.251 e. The van der Waals surface area contributed by atoms with E-state index in [1.54, 1.807) is 0 Å². The molecule has 1 aliphatic carbocycles. The molecule has 1 saturated carbocycles. The molecule has 0 saturated heterocycles. The van der Waals surface area contributed by atoms with Crippen LogP contribution < -0.4 is 5.32 Å². The lowest BCUT2D eigenvalue weighted by atomic mass is 9.80. The van der Waals surface area contributed by atoms with Crippen LogP contribution in [0, 0.1) is 15.4 Å². The SMILES string of the molecule is C[C@@H]1CC[C@@H](C)[C@@H](NC(=O)c2ccc(I)cc2)C1. The van der Waals surface area contributed by atoms with Crippen molar-refractivity contribution in [1.82, 2.24) is 5.32 Å². The summed E-state index contributed by atoms with van der Waals surface area (Å²) in [6.07, 6.45) is 3.62. The molecule has 0 radical (unpaired) electrons. The first-order valence-corrected chi connectivity index (χ1v) is 7.70. The maximum absolute atomic E-state index is 12.2. The summed E-state index contributed by atoms with van der Waals surface area (Å²) in [5, 5.41) is 3.19. The van der Waals surface area contributed by atoms with Crippen molar-refractivity contribution in [3.8, 4) is 0 Å². The zero-order chi connectivity index (χ0) is 13.1. The highest BCUT2D eigenvalue weighted by Crippen LogP contribution is 2.28. The zero-order valence-corrected chi connectivity index (χ0v) is 13.1. The number of benzene rings is 1. The van der Waals surface area contributed by atoms with Crippen molar-refractivity contribution in [2.75, 3.05) is 0 Å². The topological polar surface area (TPSA) is 29.1 Å². The normalized spacial score (nSPS) is 27.8. The Kier molecular flexibility index (Phi) is 4.65. The summed E-state index contributed by atoms with van der Waals surface area (Å²) < 4.78 is 1.16. The predicted octanol–water partition coefficient (Wildman–Crippen LogP) is 3.85. The van der Waals surface area contributed by atoms with E-state index in [1.165, 1.54) is 12.8 Å². The number of amides is 1. The first kappa shape index (κ1) is 13.8. The molecule has 1 amide bonds. The minimum Gasteiger partial charge on any atom is -0.349 e. The molecule has 1 aliphatic rings. The van der Waals surface area contributed by atoms with E-state index < -0.39 is 0 Å². The number of halogens is 1. The molecular formula is C15H20INO. The van der Waals surface area contributed by atoms with Gasteiger partial charge in [-0.3, -0.25) is 4.79 Å². The van der Waals surface area contributed by atoms with Crippen LogP contribution in [-0.4, -0.2) is 11.9 Å². The molecule has 0 spiro atoms. The minimum absolute atomic E-state index is 0.0670. The van der Waals surface area contributed by atoms with Crippen LogP contribution in [0.1, 0.15) is 43.5 Å². The van der Waals surface area contributed by atoms with Crippen molar-refractivity contribution in [3.63, 3.8) is 0 Å². The Hall–Kier alpha value is -0.580. The molecule has 1 aromatic rings. The fourth-order valence-electron chi connectivity index (χ4n) is 2.59. The fourth-order valence-corrected chi connectivity index (χ4v) is 2.95. The standard InChI is InChI=1S/C15H20INO/c1-10-3-4-11(2)14(9-10)17-15(18)12-5-7-13(16)8-6-12/h5-8,10-11,14H,3-4,9H2,1-2H3,(H,17,18)/t10-,11-,14+/m1/s1. The largest absolute Gasteiger partial charge is 0.349 e. The Labute approximate surface area is 123 Å². The Bertz CT molecular complexity index is 415. The highest BCUT2D eigenvalue weighted by Gasteiger charge is 2.26. The molecule has 0 aromatic heterocycles. The van der Waals surface area contributed by atoms with Gasteiger partial charge in [0, 0.05) is 15.2 Å². The molecule has 1 N–H and O–H groups in total. The van der Waals surface area contributed by atoms with E-state index >= 15 is 0 Å². The third kappa shape index (κ3) is 3.46. The van der Waals surface area contributed by atoms with Crippen molar-refractivity contribution in [3.05, 3.63) is 33.4 Å². The number of hydrogen-bond donors (Lipinski definition) is 1. The second kappa shape index (κ2) is 6.04. The van der Waals surface area contributed by atoms with Crippen LogP contribution in [-0.2, 0) is 0 Å². The smallest absolute Gasteiger partial charge is 0.251 e. The number of carbonyl (C=O) groups excluding carboxylic acids is 1. The molecule has 1 fully saturated rings. The fraction of sp³-hybridized carbons (Fsp3) is 0.533. The molecule has 3 heteroatoms. The van der Waals surface area contributed by atoms with Gasteiger partial charge in [-0.25, -0.2) is 0 Å². The van der Waals surface area contributed by atoms with Crippen molar-refractivity contribution >= 4 is 28.5 Å². The van der Waals surface area contributed by atoms with Crippen LogP contribution in [0.3, 0.4) is 0 Å². The lowest BCUT2D eigenvalue weighted by Gasteiger charge is -2.33. The van der Waals surface area contributed by atoms with Gasteiger partial charge in [0.05, 0.1) is 0 Å². The summed E-state index contributed by atoms with van der Waals surface area (Å²) >= 11 is 2.25. The van der Waals surface area contributed by atoms with Crippen LogP contribution in [0.5, 0.6) is 0 Å². The first-order valence-electron chi connectivity index (χ1n) is 6.62.